The number of nitrogens with two attached hydrogens (primary N) is 1. The minimum atomic E-state index is -0.582. The standard InChI is InChI=1S/C10H10FNO/c1-7-3-2-4-8(10(7)11)5-6-9(12)13/h2-6H,1H3,(H2,12,13). The van der Waals surface area contributed by atoms with E-state index in [0.29, 0.717) is 11.1 Å². The highest BCUT2D eigenvalue weighted by molar-refractivity contribution is 5.90. The molecule has 0 heterocycles. The smallest absolute Gasteiger partial charge is 0.241 e. The van der Waals surface area contributed by atoms with E-state index in [9.17, 15) is 9.18 Å². The van der Waals surface area contributed by atoms with Crippen LogP contribution in [-0.4, -0.2) is 5.91 Å². The van der Waals surface area contributed by atoms with E-state index in [2.05, 4.69) is 0 Å². The fourth-order valence-electron chi connectivity index (χ4n) is 0.971. The van der Waals surface area contributed by atoms with Gasteiger partial charge in [0.25, 0.3) is 0 Å². The van der Waals surface area contributed by atoms with Crippen LogP contribution in [0.2, 0.25) is 0 Å². The van der Waals surface area contributed by atoms with Crippen LogP contribution in [0.5, 0.6) is 0 Å². The SMILES string of the molecule is Cc1cccc(C=CC(N)=O)c1F. The molecule has 1 amide bonds. The van der Waals surface area contributed by atoms with Gasteiger partial charge >= 0.3 is 0 Å². The molecule has 1 aromatic rings. The summed E-state index contributed by atoms with van der Waals surface area (Å²) in [6.45, 7) is 1.66. The van der Waals surface area contributed by atoms with E-state index in [1.54, 1.807) is 25.1 Å². The highest BCUT2D eigenvalue weighted by Gasteiger charge is 2.00. The molecule has 2 N–H and O–H groups in total. The van der Waals surface area contributed by atoms with Crippen molar-refractivity contribution in [2.75, 3.05) is 0 Å². The molecule has 0 unspecified atom stereocenters. The zero-order chi connectivity index (χ0) is 9.84. The first-order valence-electron chi connectivity index (χ1n) is 3.84. The summed E-state index contributed by atoms with van der Waals surface area (Å²) in [6, 6.07) is 4.97. The molecule has 0 aliphatic rings. The van der Waals surface area contributed by atoms with Crippen LogP contribution in [0.3, 0.4) is 0 Å². The lowest BCUT2D eigenvalue weighted by Gasteiger charge is -1.98. The van der Waals surface area contributed by atoms with Gasteiger partial charge in [0.2, 0.25) is 5.91 Å². The van der Waals surface area contributed by atoms with E-state index in [0.717, 1.165) is 6.08 Å². The van der Waals surface area contributed by atoms with Crippen molar-refractivity contribution in [1.82, 2.24) is 0 Å². The molecule has 0 aromatic heterocycles. The number of primary amides is 1. The van der Waals surface area contributed by atoms with Crippen molar-refractivity contribution in [3.05, 3.63) is 41.2 Å². The summed E-state index contributed by atoms with van der Waals surface area (Å²) in [7, 11) is 0. The molecule has 3 heteroatoms. The highest BCUT2D eigenvalue weighted by atomic mass is 19.1. The predicted octanol–water partition coefficient (Wildman–Crippen LogP) is 1.63. The van der Waals surface area contributed by atoms with Crippen molar-refractivity contribution in [2.45, 2.75) is 6.92 Å². The van der Waals surface area contributed by atoms with Gasteiger partial charge in [-0.1, -0.05) is 18.2 Å². The summed E-state index contributed by atoms with van der Waals surface area (Å²) >= 11 is 0. The van der Waals surface area contributed by atoms with Crippen molar-refractivity contribution in [1.29, 1.82) is 0 Å². The first kappa shape index (κ1) is 9.45. The Balaban J connectivity index is 3.02. The third-order valence-corrected chi connectivity index (χ3v) is 1.65. The molecule has 2 nitrogen and oxygen atoms in total. The van der Waals surface area contributed by atoms with Gasteiger partial charge in [0, 0.05) is 11.6 Å². The third-order valence-electron chi connectivity index (χ3n) is 1.65. The average Bonchev–Trinajstić information content (AvgIpc) is 2.07. The highest BCUT2D eigenvalue weighted by Crippen LogP contribution is 2.12. The molecule has 0 spiro atoms. The number of aryl methyl sites for hydroxylation is 1. The molecule has 13 heavy (non-hydrogen) atoms. The van der Waals surface area contributed by atoms with E-state index >= 15 is 0 Å². The number of halogens is 1. The second-order valence-electron chi connectivity index (χ2n) is 2.71. The maximum absolute atomic E-state index is 13.2. The van der Waals surface area contributed by atoms with Gasteiger partial charge in [-0.25, -0.2) is 4.39 Å². The Hall–Kier alpha value is -1.64. The average molecular weight is 179 g/mol. The number of benzene rings is 1. The number of carbonyl (C=O) groups is 1. The van der Waals surface area contributed by atoms with Crippen molar-refractivity contribution in [2.24, 2.45) is 5.73 Å². The van der Waals surface area contributed by atoms with Gasteiger partial charge in [-0.15, -0.1) is 0 Å². The Morgan fingerprint density at radius 1 is 1.54 bits per heavy atom. The van der Waals surface area contributed by atoms with Gasteiger partial charge in [0.15, 0.2) is 0 Å². The maximum Gasteiger partial charge on any atom is 0.241 e. The Kier molecular flexibility index (Phi) is 2.80. The summed E-state index contributed by atoms with van der Waals surface area (Å²) < 4.78 is 13.2. The van der Waals surface area contributed by atoms with Crippen molar-refractivity contribution in [3.63, 3.8) is 0 Å². The number of rotatable bonds is 2. The van der Waals surface area contributed by atoms with Crippen LogP contribution in [-0.2, 0) is 4.79 Å². The number of amides is 1. The van der Waals surface area contributed by atoms with Crippen molar-refractivity contribution < 1.29 is 9.18 Å². The summed E-state index contributed by atoms with van der Waals surface area (Å²) in [4.78, 5) is 10.4. The summed E-state index contributed by atoms with van der Waals surface area (Å²) in [5, 5.41) is 0. The normalized spacial score (nSPS) is 10.6. The van der Waals surface area contributed by atoms with Crippen LogP contribution in [0.1, 0.15) is 11.1 Å². The minimum absolute atomic E-state index is 0.319. The van der Waals surface area contributed by atoms with Gasteiger partial charge in [-0.2, -0.15) is 0 Å². The molecule has 68 valence electrons. The molecule has 1 rings (SSSR count). The number of hydrogen-bond donors (Lipinski definition) is 1. The minimum Gasteiger partial charge on any atom is -0.366 e. The molecule has 0 saturated carbocycles. The van der Waals surface area contributed by atoms with Crippen molar-refractivity contribution >= 4 is 12.0 Å². The molecular formula is C10H10FNO. The third kappa shape index (κ3) is 2.40. The molecular weight excluding hydrogens is 169 g/mol. The lowest BCUT2D eigenvalue weighted by atomic mass is 10.1. The second kappa shape index (κ2) is 3.85. The Morgan fingerprint density at radius 2 is 2.23 bits per heavy atom. The maximum atomic E-state index is 13.2. The fraction of sp³-hybridized carbons (Fsp3) is 0.100. The predicted molar refractivity (Wildman–Crippen MR) is 49.4 cm³/mol. The Morgan fingerprint density at radius 3 is 2.85 bits per heavy atom. The molecule has 0 saturated heterocycles. The summed E-state index contributed by atoms with van der Waals surface area (Å²) in [6.07, 6.45) is 2.50. The van der Waals surface area contributed by atoms with Crippen LogP contribution in [0.25, 0.3) is 6.08 Å². The molecule has 0 atom stereocenters. The van der Waals surface area contributed by atoms with Gasteiger partial charge in [-0.05, 0) is 18.6 Å². The zero-order valence-electron chi connectivity index (χ0n) is 7.25. The molecule has 0 aliphatic heterocycles. The van der Waals surface area contributed by atoms with E-state index in [4.69, 9.17) is 5.73 Å². The molecule has 0 fully saturated rings. The largest absolute Gasteiger partial charge is 0.366 e. The van der Waals surface area contributed by atoms with E-state index in [-0.39, 0.29) is 5.82 Å². The zero-order valence-corrected chi connectivity index (χ0v) is 7.25. The van der Waals surface area contributed by atoms with Crippen molar-refractivity contribution in [3.8, 4) is 0 Å². The number of hydrogen-bond acceptors (Lipinski definition) is 1. The Bertz CT molecular complexity index is 358. The molecule has 0 aliphatic carbocycles. The lowest BCUT2D eigenvalue weighted by molar-refractivity contribution is -0.113. The van der Waals surface area contributed by atoms with Crippen LogP contribution < -0.4 is 5.73 Å². The van der Waals surface area contributed by atoms with Crippen LogP contribution in [0.15, 0.2) is 24.3 Å². The van der Waals surface area contributed by atoms with Gasteiger partial charge in [-0.3, -0.25) is 4.79 Å². The monoisotopic (exact) mass is 179 g/mol. The molecule has 0 bridgehead atoms. The van der Waals surface area contributed by atoms with E-state index < -0.39 is 5.91 Å². The van der Waals surface area contributed by atoms with Crippen LogP contribution in [0.4, 0.5) is 4.39 Å². The first-order chi connectivity index (χ1) is 6.11. The summed E-state index contributed by atoms with van der Waals surface area (Å²) in [5.74, 6) is -0.902. The topological polar surface area (TPSA) is 43.1 Å². The Labute approximate surface area is 75.9 Å². The fourth-order valence-corrected chi connectivity index (χ4v) is 0.971. The lowest BCUT2D eigenvalue weighted by Crippen LogP contribution is -2.05. The first-order valence-corrected chi connectivity index (χ1v) is 3.84. The van der Waals surface area contributed by atoms with E-state index in [1.807, 2.05) is 0 Å². The van der Waals surface area contributed by atoms with Crippen LogP contribution in [0, 0.1) is 12.7 Å². The molecule has 1 aromatic carbocycles. The quantitative estimate of drug-likeness (QED) is 0.689. The van der Waals surface area contributed by atoms with Crippen LogP contribution >= 0.6 is 0 Å². The second-order valence-corrected chi connectivity index (χ2v) is 2.71. The summed E-state index contributed by atoms with van der Waals surface area (Å²) in [5.41, 5.74) is 5.80. The van der Waals surface area contributed by atoms with Gasteiger partial charge < -0.3 is 5.73 Å². The van der Waals surface area contributed by atoms with Gasteiger partial charge in [0.1, 0.15) is 5.82 Å². The number of carbonyl (C=O) groups excluding carboxylic acids is 1. The molecule has 0 radical (unpaired) electrons. The van der Waals surface area contributed by atoms with E-state index in [1.165, 1.54) is 6.08 Å². The van der Waals surface area contributed by atoms with Gasteiger partial charge in [0.05, 0.1) is 0 Å².